The fraction of sp³-hybridized carbons (Fsp3) is 0.688. The van der Waals surface area contributed by atoms with Gasteiger partial charge in [-0.3, -0.25) is 4.90 Å². The number of nitrogens with one attached hydrogen (secondary N) is 1. The van der Waals surface area contributed by atoms with Crippen molar-refractivity contribution in [1.29, 1.82) is 0 Å². The lowest BCUT2D eigenvalue weighted by molar-refractivity contribution is 0.180. The predicted octanol–water partition coefficient (Wildman–Crippen LogP) is 3.10. The minimum atomic E-state index is 0.671. The zero-order valence-corrected chi connectivity index (χ0v) is 13.7. The van der Waals surface area contributed by atoms with Gasteiger partial charge in [-0.2, -0.15) is 0 Å². The summed E-state index contributed by atoms with van der Waals surface area (Å²) in [5, 5.41) is 4.01. The summed E-state index contributed by atoms with van der Waals surface area (Å²) in [4.78, 5) is 6.95. The van der Waals surface area contributed by atoms with Gasteiger partial charge in [0.05, 0.1) is 10.7 Å². The highest BCUT2D eigenvalue weighted by molar-refractivity contribution is 6.31. The second kappa shape index (κ2) is 9.23. The summed E-state index contributed by atoms with van der Waals surface area (Å²) in [5.74, 6) is 0.671. The molecular weight excluding hydrogens is 286 g/mol. The molecule has 4 nitrogen and oxygen atoms in total. The van der Waals surface area contributed by atoms with Gasteiger partial charge in [-0.25, -0.2) is 4.98 Å². The summed E-state index contributed by atoms with van der Waals surface area (Å²) in [6.07, 6.45) is 5.09. The first-order chi connectivity index (χ1) is 10.3. The van der Waals surface area contributed by atoms with Crippen molar-refractivity contribution in [3.8, 4) is 5.88 Å². The summed E-state index contributed by atoms with van der Waals surface area (Å²) in [6.45, 7) is 7.87. The van der Waals surface area contributed by atoms with Crippen LogP contribution < -0.4 is 10.1 Å². The maximum absolute atomic E-state index is 6.16. The highest BCUT2D eigenvalue weighted by atomic mass is 35.5. The van der Waals surface area contributed by atoms with Crippen LogP contribution >= 0.6 is 11.6 Å². The van der Waals surface area contributed by atoms with Crippen molar-refractivity contribution in [2.45, 2.75) is 39.2 Å². The molecule has 0 saturated carbocycles. The lowest BCUT2D eigenvalue weighted by Crippen LogP contribution is -2.33. The molecule has 2 heterocycles. The second-order valence-electron chi connectivity index (χ2n) is 5.51. The van der Waals surface area contributed by atoms with Gasteiger partial charge in [0.1, 0.15) is 6.61 Å². The van der Waals surface area contributed by atoms with E-state index >= 15 is 0 Å². The topological polar surface area (TPSA) is 37.4 Å². The number of likely N-dealkylation sites (tertiary alicyclic amines) is 1. The molecule has 1 saturated heterocycles. The molecule has 0 aliphatic carbocycles. The standard InChI is InChI=1S/C16H26ClN3O/c1-2-8-18-13-15-14(17)6-7-16(19-15)21-12-11-20-9-4-3-5-10-20/h6-7,18H,2-5,8-13H2,1H3. The van der Waals surface area contributed by atoms with Crippen LogP contribution in [0.15, 0.2) is 12.1 Å². The van der Waals surface area contributed by atoms with E-state index in [1.54, 1.807) is 0 Å². The molecule has 1 aliphatic heterocycles. The lowest BCUT2D eigenvalue weighted by atomic mass is 10.1. The van der Waals surface area contributed by atoms with Crippen LogP contribution in [0.3, 0.4) is 0 Å². The summed E-state index contributed by atoms with van der Waals surface area (Å²) in [7, 11) is 0. The first kappa shape index (κ1) is 16.5. The highest BCUT2D eigenvalue weighted by Gasteiger charge is 2.10. The van der Waals surface area contributed by atoms with Crippen LogP contribution in [0.5, 0.6) is 5.88 Å². The van der Waals surface area contributed by atoms with Crippen LogP contribution in [0.25, 0.3) is 0 Å². The van der Waals surface area contributed by atoms with Gasteiger partial charge in [0.2, 0.25) is 5.88 Å². The molecule has 1 aromatic rings. The molecule has 5 heteroatoms. The number of hydrogen-bond acceptors (Lipinski definition) is 4. The maximum Gasteiger partial charge on any atom is 0.213 e. The van der Waals surface area contributed by atoms with Crippen LogP contribution in [0.4, 0.5) is 0 Å². The van der Waals surface area contributed by atoms with Crippen molar-refractivity contribution in [2.24, 2.45) is 0 Å². The Bertz CT molecular complexity index is 422. The maximum atomic E-state index is 6.16. The molecule has 1 N–H and O–H groups in total. The van der Waals surface area contributed by atoms with Crippen molar-refractivity contribution >= 4 is 11.6 Å². The monoisotopic (exact) mass is 311 g/mol. The van der Waals surface area contributed by atoms with Crippen LogP contribution in [0.2, 0.25) is 5.02 Å². The lowest BCUT2D eigenvalue weighted by Gasteiger charge is -2.26. The van der Waals surface area contributed by atoms with Gasteiger partial charge in [0.25, 0.3) is 0 Å². The normalized spacial score (nSPS) is 16.1. The Morgan fingerprint density at radius 1 is 1.29 bits per heavy atom. The number of halogens is 1. The Labute approximate surface area is 132 Å². The molecule has 0 atom stereocenters. The third-order valence-electron chi connectivity index (χ3n) is 3.72. The molecule has 0 bridgehead atoms. The molecule has 0 radical (unpaired) electrons. The first-order valence-electron chi connectivity index (χ1n) is 8.01. The quantitative estimate of drug-likeness (QED) is 0.749. The number of nitrogens with zero attached hydrogens (tertiary/aromatic N) is 2. The summed E-state index contributed by atoms with van der Waals surface area (Å²) in [5.41, 5.74) is 0.862. The van der Waals surface area contributed by atoms with Crippen LogP contribution in [0.1, 0.15) is 38.3 Å². The summed E-state index contributed by atoms with van der Waals surface area (Å²) < 4.78 is 5.77. The molecule has 0 spiro atoms. The van der Waals surface area contributed by atoms with Gasteiger partial charge in [0.15, 0.2) is 0 Å². The van der Waals surface area contributed by atoms with Gasteiger partial charge in [-0.15, -0.1) is 0 Å². The van der Waals surface area contributed by atoms with Crippen molar-refractivity contribution in [1.82, 2.24) is 15.2 Å². The van der Waals surface area contributed by atoms with E-state index < -0.39 is 0 Å². The fourth-order valence-corrected chi connectivity index (χ4v) is 2.69. The van der Waals surface area contributed by atoms with E-state index in [0.717, 1.165) is 25.2 Å². The third-order valence-corrected chi connectivity index (χ3v) is 4.06. The number of rotatable bonds is 8. The molecular formula is C16H26ClN3O. The van der Waals surface area contributed by atoms with E-state index in [-0.39, 0.29) is 0 Å². The zero-order valence-electron chi connectivity index (χ0n) is 12.9. The minimum Gasteiger partial charge on any atom is -0.476 e. The van der Waals surface area contributed by atoms with Crippen molar-refractivity contribution in [2.75, 3.05) is 32.8 Å². The first-order valence-corrected chi connectivity index (χ1v) is 8.38. The van der Waals surface area contributed by atoms with Gasteiger partial charge in [0, 0.05) is 19.2 Å². The van der Waals surface area contributed by atoms with E-state index in [0.29, 0.717) is 24.1 Å². The van der Waals surface area contributed by atoms with Crippen LogP contribution in [0, 0.1) is 0 Å². The number of pyridine rings is 1. The number of aromatic nitrogens is 1. The van der Waals surface area contributed by atoms with E-state index in [4.69, 9.17) is 16.3 Å². The summed E-state index contributed by atoms with van der Waals surface area (Å²) >= 11 is 6.16. The molecule has 1 aromatic heterocycles. The number of hydrogen-bond donors (Lipinski definition) is 1. The molecule has 2 rings (SSSR count). The molecule has 21 heavy (non-hydrogen) atoms. The molecule has 0 amide bonds. The Balaban J connectivity index is 1.78. The molecule has 118 valence electrons. The average Bonchev–Trinajstić information content (AvgIpc) is 2.51. The Kier molecular flexibility index (Phi) is 7.27. The van der Waals surface area contributed by atoms with Crippen LogP contribution in [-0.2, 0) is 6.54 Å². The Morgan fingerprint density at radius 2 is 2.10 bits per heavy atom. The van der Waals surface area contributed by atoms with Crippen molar-refractivity contribution in [3.63, 3.8) is 0 Å². The van der Waals surface area contributed by atoms with Gasteiger partial charge < -0.3 is 10.1 Å². The number of ether oxygens (including phenoxy) is 1. The molecule has 1 aliphatic rings. The fourth-order valence-electron chi connectivity index (χ4n) is 2.51. The predicted molar refractivity (Wildman–Crippen MR) is 87.0 cm³/mol. The summed E-state index contributed by atoms with van der Waals surface area (Å²) in [6, 6.07) is 3.72. The number of piperidine rings is 1. The smallest absolute Gasteiger partial charge is 0.213 e. The van der Waals surface area contributed by atoms with Gasteiger partial charge in [-0.05, 0) is 45.0 Å². The molecule has 0 aromatic carbocycles. The van der Waals surface area contributed by atoms with E-state index in [1.807, 2.05) is 12.1 Å². The molecule has 0 unspecified atom stereocenters. The zero-order chi connectivity index (χ0) is 14.9. The van der Waals surface area contributed by atoms with E-state index in [9.17, 15) is 0 Å². The minimum absolute atomic E-state index is 0.671. The Morgan fingerprint density at radius 3 is 2.86 bits per heavy atom. The van der Waals surface area contributed by atoms with Crippen LogP contribution in [-0.4, -0.2) is 42.7 Å². The third kappa shape index (κ3) is 5.81. The highest BCUT2D eigenvalue weighted by Crippen LogP contribution is 2.18. The second-order valence-corrected chi connectivity index (χ2v) is 5.91. The van der Waals surface area contributed by atoms with Gasteiger partial charge in [-0.1, -0.05) is 24.9 Å². The van der Waals surface area contributed by atoms with E-state index in [1.165, 1.54) is 32.4 Å². The SMILES string of the molecule is CCCNCc1nc(OCCN2CCCCC2)ccc1Cl. The Hall–Kier alpha value is -0.840. The average molecular weight is 312 g/mol. The molecule has 1 fully saturated rings. The van der Waals surface area contributed by atoms with Crippen molar-refractivity contribution in [3.05, 3.63) is 22.8 Å². The van der Waals surface area contributed by atoms with Gasteiger partial charge >= 0.3 is 0 Å². The largest absolute Gasteiger partial charge is 0.476 e. The van der Waals surface area contributed by atoms with Crippen molar-refractivity contribution < 1.29 is 4.74 Å². The van der Waals surface area contributed by atoms with E-state index in [2.05, 4.69) is 22.1 Å².